The summed E-state index contributed by atoms with van der Waals surface area (Å²) in [6.07, 6.45) is 0. The molecule has 0 aliphatic heterocycles. The zero-order valence-corrected chi connectivity index (χ0v) is 15.9. The van der Waals surface area contributed by atoms with Crippen LogP contribution in [0.1, 0.15) is 23.1 Å². The number of rotatable bonds is 6. The summed E-state index contributed by atoms with van der Waals surface area (Å²) in [6.45, 7) is 4.31. The minimum absolute atomic E-state index is 0.232. The average molecular weight is 387 g/mol. The van der Waals surface area contributed by atoms with E-state index in [0.29, 0.717) is 28.8 Å². The van der Waals surface area contributed by atoms with E-state index in [1.54, 1.807) is 29.8 Å². The molecule has 8 heteroatoms. The van der Waals surface area contributed by atoms with Gasteiger partial charge in [0.1, 0.15) is 11.5 Å². The molecule has 3 aromatic rings. The number of nitrogens with zero attached hydrogens (tertiary/aromatic N) is 3. The third-order valence-corrected chi connectivity index (χ3v) is 4.21. The van der Waals surface area contributed by atoms with Crippen LogP contribution >= 0.6 is 11.6 Å². The van der Waals surface area contributed by atoms with Crippen LogP contribution in [0.4, 0.5) is 5.69 Å². The van der Waals surface area contributed by atoms with Crippen molar-refractivity contribution in [1.82, 2.24) is 15.0 Å². The van der Waals surface area contributed by atoms with Crippen molar-refractivity contribution in [1.29, 1.82) is 0 Å². The lowest BCUT2D eigenvalue weighted by Crippen LogP contribution is -2.14. The molecule has 0 aliphatic rings. The van der Waals surface area contributed by atoms with E-state index in [-0.39, 0.29) is 11.6 Å². The van der Waals surface area contributed by atoms with Gasteiger partial charge in [0.2, 0.25) is 0 Å². The van der Waals surface area contributed by atoms with Gasteiger partial charge in [-0.15, -0.1) is 5.10 Å². The van der Waals surface area contributed by atoms with Crippen molar-refractivity contribution in [3.8, 4) is 17.2 Å². The summed E-state index contributed by atoms with van der Waals surface area (Å²) in [7, 11) is 1.53. The molecule has 2 aromatic carbocycles. The second-order valence-corrected chi connectivity index (χ2v) is 6.07. The molecule has 1 aromatic heterocycles. The van der Waals surface area contributed by atoms with E-state index in [2.05, 4.69) is 15.6 Å². The Kier molecular flexibility index (Phi) is 5.61. The lowest BCUT2D eigenvalue weighted by molar-refractivity contribution is 0.102. The van der Waals surface area contributed by atoms with Crippen LogP contribution in [0, 0.1) is 6.92 Å². The highest BCUT2D eigenvalue weighted by Crippen LogP contribution is 2.27. The molecule has 0 radical (unpaired) electrons. The van der Waals surface area contributed by atoms with E-state index >= 15 is 0 Å². The van der Waals surface area contributed by atoms with Gasteiger partial charge < -0.3 is 14.8 Å². The molecule has 0 aliphatic carbocycles. The standard InChI is InChI=1S/C19H19ClN4O3/c1-4-27-15-8-6-14(7-9-15)24-12(2)18(22-23-24)19(25)21-13-5-10-17(26-3)16(20)11-13/h5-11H,4H2,1-3H3,(H,21,25). The molecule has 0 saturated heterocycles. The number of hydrogen-bond donors (Lipinski definition) is 1. The highest BCUT2D eigenvalue weighted by atomic mass is 35.5. The van der Waals surface area contributed by atoms with Crippen molar-refractivity contribution in [2.24, 2.45) is 0 Å². The zero-order valence-electron chi connectivity index (χ0n) is 15.2. The maximum Gasteiger partial charge on any atom is 0.278 e. The SMILES string of the molecule is CCOc1ccc(-n2nnc(C(=O)Nc3ccc(OC)c(Cl)c3)c2C)cc1. The molecule has 0 spiro atoms. The van der Waals surface area contributed by atoms with Crippen LogP contribution in [0.3, 0.4) is 0 Å². The second kappa shape index (κ2) is 8.09. The second-order valence-electron chi connectivity index (χ2n) is 5.67. The van der Waals surface area contributed by atoms with Crippen LogP contribution < -0.4 is 14.8 Å². The van der Waals surface area contributed by atoms with Gasteiger partial charge in [-0.3, -0.25) is 4.79 Å². The van der Waals surface area contributed by atoms with Gasteiger partial charge >= 0.3 is 0 Å². The maximum atomic E-state index is 12.6. The van der Waals surface area contributed by atoms with Crippen LogP contribution in [0.15, 0.2) is 42.5 Å². The summed E-state index contributed by atoms with van der Waals surface area (Å²) in [5.74, 6) is 0.937. The Labute approximate surface area is 161 Å². The zero-order chi connectivity index (χ0) is 19.4. The van der Waals surface area contributed by atoms with E-state index in [4.69, 9.17) is 21.1 Å². The Bertz CT molecular complexity index is 954. The lowest BCUT2D eigenvalue weighted by atomic mass is 10.2. The highest BCUT2D eigenvalue weighted by molar-refractivity contribution is 6.32. The largest absolute Gasteiger partial charge is 0.495 e. The predicted octanol–water partition coefficient (Wildman–Crippen LogP) is 3.89. The molecule has 0 bridgehead atoms. The van der Waals surface area contributed by atoms with Crippen molar-refractivity contribution in [3.63, 3.8) is 0 Å². The van der Waals surface area contributed by atoms with Crippen LogP contribution in [-0.4, -0.2) is 34.6 Å². The first-order valence-corrected chi connectivity index (χ1v) is 8.71. The molecule has 1 heterocycles. The molecule has 0 unspecified atom stereocenters. The summed E-state index contributed by atoms with van der Waals surface area (Å²) in [6, 6.07) is 12.4. The molecule has 1 amide bonds. The first kappa shape index (κ1) is 18.7. The number of methoxy groups -OCH3 is 1. The Balaban J connectivity index is 1.79. The smallest absolute Gasteiger partial charge is 0.278 e. The summed E-state index contributed by atoms with van der Waals surface area (Å²) < 4.78 is 12.1. The molecule has 0 fully saturated rings. The number of benzene rings is 2. The molecule has 27 heavy (non-hydrogen) atoms. The fourth-order valence-corrected chi connectivity index (χ4v) is 2.83. The molecule has 0 saturated carbocycles. The van der Waals surface area contributed by atoms with E-state index < -0.39 is 0 Å². The number of carbonyl (C=O) groups excluding carboxylic acids is 1. The van der Waals surface area contributed by atoms with Gasteiger partial charge in [-0.05, 0) is 56.3 Å². The molecular formula is C19H19ClN4O3. The van der Waals surface area contributed by atoms with Gasteiger partial charge in [0.05, 0.1) is 30.1 Å². The van der Waals surface area contributed by atoms with E-state index in [1.807, 2.05) is 31.2 Å². The Morgan fingerprint density at radius 2 is 1.96 bits per heavy atom. The number of ether oxygens (including phenoxy) is 2. The quantitative estimate of drug-likeness (QED) is 0.695. The van der Waals surface area contributed by atoms with Crippen molar-refractivity contribution < 1.29 is 14.3 Å². The summed E-state index contributed by atoms with van der Waals surface area (Å²) >= 11 is 6.09. The maximum absolute atomic E-state index is 12.6. The molecular weight excluding hydrogens is 368 g/mol. The van der Waals surface area contributed by atoms with Gasteiger partial charge in [-0.1, -0.05) is 16.8 Å². The van der Waals surface area contributed by atoms with Gasteiger partial charge in [0, 0.05) is 5.69 Å². The molecule has 3 rings (SSSR count). The minimum atomic E-state index is -0.370. The van der Waals surface area contributed by atoms with Crippen LogP contribution in [-0.2, 0) is 0 Å². The summed E-state index contributed by atoms with van der Waals surface area (Å²) in [4.78, 5) is 12.6. The van der Waals surface area contributed by atoms with Crippen molar-refractivity contribution in [2.45, 2.75) is 13.8 Å². The summed E-state index contributed by atoms with van der Waals surface area (Å²) in [5.41, 5.74) is 2.18. The Hall–Kier alpha value is -3.06. The molecule has 140 valence electrons. The van der Waals surface area contributed by atoms with Gasteiger partial charge in [0.25, 0.3) is 5.91 Å². The third-order valence-electron chi connectivity index (χ3n) is 3.91. The fraction of sp³-hybridized carbons (Fsp3) is 0.211. The normalized spacial score (nSPS) is 10.5. The van der Waals surface area contributed by atoms with E-state index in [0.717, 1.165) is 11.4 Å². The van der Waals surface area contributed by atoms with Crippen molar-refractivity contribution in [3.05, 3.63) is 58.9 Å². The van der Waals surface area contributed by atoms with Gasteiger partial charge in [0.15, 0.2) is 5.69 Å². The first-order chi connectivity index (χ1) is 13.0. The number of nitrogens with one attached hydrogen (secondary N) is 1. The Morgan fingerprint density at radius 1 is 1.22 bits per heavy atom. The predicted molar refractivity (Wildman–Crippen MR) is 103 cm³/mol. The van der Waals surface area contributed by atoms with E-state index in [1.165, 1.54) is 7.11 Å². The topological polar surface area (TPSA) is 78.3 Å². The number of carbonyl (C=O) groups is 1. The third kappa shape index (κ3) is 4.03. The molecule has 1 N–H and O–H groups in total. The van der Waals surface area contributed by atoms with Crippen LogP contribution in [0.2, 0.25) is 5.02 Å². The number of hydrogen-bond acceptors (Lipinski definition) is 5. The number of anilines is 1. The lowest BCUT2D eigenvalue weighted by Gasteiger charge is -2.08. The summed E-state index contributed by atoms with van der Waals surface area (Å²) in [5, 5.41) is 11.3. The van der Waals surface area contributed by atoms with Crippen LogP contribution in [0.25, 0.3) is 5.69 Å². The number of amides is 1. The van der Waals surface area contributed by atoms with E-state index in [9.17, 15) is 4.79 Å². The van der Waals surface area contributed by atoms with Gasteiger partial charge in [-0.25, -0.2) is 4.68 Å². The highest BCUT2D eigenvalue weighted by Gasteiger charge is 2.18. The van der Waals surface area contributed by atoms with Crippen LogP contribution in [0.5, 0.6) is 11.5 Å². The van der Waals surface area contributed by atoms with Crippen molar-refractivity contribution >= 4 is 23.2 Å². The minimum Gasteiger partial charge on any atom is -0.495 e. The Morgan fingerprint density at radius 3 is 2.59 bits per heavy atom. The first-order valence-electron chi connectivity index (χ1n) is 8.34. The fourth-order valence-electron chi connectivity index (χ4n) is 2.57. The average Bonchev–Trinajstić information content (AvgIpc) is 3.04. The number of halogens is 1. The molecule has 0 atom stereocenters. The van der Waals surface area contributed by atoms with Crippen molar-refractivity contribution in [2.75, 3.05) is 19.0 Å². The number of aromatic nitrogens is 3. The van der Waals surface area contributed by atoms with Gasteiger partial charge in [-0.2, -0.15) is 0 Å². The molecule has 7 nitrogen and oxygen atoms in total. The monoisotopic (exact) mass is 386 g/mol.